The summed E-state index contributed by atoms with van der Waals surface area (Å²) in [5.74, 6) is -1.23. The molecule has 0 spiro atoms. The fourth-order valence-corrected chi connectivity index (χ4v) is 2.71. The van der Waals surface area contributed by atoms with Crippen LogP contribution in [0.4, 0.5) is 8.78 Å². The molecule has 1 N–H and O–H groups in total. The molecule has 0 aliphatic rings. The molecule has 1 nitrogen and oxygen atoms in total. The number of benzene rings is 2. The van der Waals surface area contributed by atoms with Crippen LogP contribution < -0.4 is 0 Å². The van der Waals surface area contributed by atoms with Gasteiger partial charge in [-0.2, -0.15) is 0 Å². The smallest absolute Gasteiger partial charge is 0.129 e. The second-order valence-corrected chi connectivity index (χ2v) is 5.27. The van der Waals surface area contributed by atoms with Crippen molar-refractivity contribution in [2.45, 2.75) is 33.3 Å². The quantitative estimate of drug-likeness (QED) is 0.892. The van der Waals surface area contributed by atoms with Gasteiger partial charge >= 0.3 is 0 Å². The standard InChI is InChI=1S/C17H18F2O/c1-10-6-11(2)17(12(3)7-10)16(20)8-13-4-5-14(18)9-15(13)19/h4-7,9,16,20H,8H2,1-3H3. The summed E-state index contributed by atoms with van der Waals surface area (Å²) in [6.07, 6.45) is -0.660. The van der Waals surface area contributed by atoms with Crippen LogP contribution in [0.1, 0.15) is 33.9 Å². The van der Waals surface area contributed by atoms with Crippen molar-refractivity contribution >= 4 is 0 Å². The zero-order valence-electron chi connectivity index (χ0n) is 11.9. The predicted octanol–water partition coefficient (Wildman–Crippen LogP) is 4.17. The van der Waals surface area contributed by atoms with Crippen molar-refractivity contribution in [3.05, 3.63) is 69.8 Å². The van der Waals surface area contributed by atoms with Crippen LogP contribution >= 0.6 is 0 Å². The molecule has 2 aromatic carbocycles. The van der Waals surface area contributed by atoms with Gasteiger partial charge in [0.2, 0.25) is 0 Å². The lowest BCUT2D eigenvalue weighted by atomic mass is 9.92. The van der Waals surface area contributed by atoms with Gasteiger partial charge in [0.25, 0.3) is 0 Å². The summed E-state index contributed by atoms with van der Waals surface area (Å²) in [5.41, 5.74) is 4.23. The van der Waals surface area contributed by atoms with Crippen LogP contribution in [0.5, 0.6) is 0 Å². The molecule has 0 aromatic heterocycles. The summed E-state index contributed by atoms with van der Waals surface area (Å²) in [6.45, 7) is 5.86. The topological polar surface area (TPSA) is 20.2 Å². The van der Waals surface area contributed by atoms with Crippen LogP contribution in [0.25, 0.3) is 0 Å². The van der Waals surface area contributed by atoms with Crippen LogP contribution in [0.3, 0.4) is 0 Å². The van der Waals surface area contributed by atoms with Crippen molar-refractivity contribution in [3.63, 3.8) is 0 Å². The highest BCUT2D eigenvalue weighted by atomic mass is 19.1. The van der Waals surface area contributed by atoms with E-state index in [1.165, 1.54) is 12.1 Å². The van der Waals surface area contributed by atoms with Gasteiger partial charge in [-0.15, -0.1) is 0 Å². The minimum Gasteiger partial charge on any atom is -0.388 e. The average Bonchev–Trinajstić information content (AvgIpc) is 2.31. The van der Waals surface area contributed by atoms with Crippen molar-refractivity contribution in [3.8, 4) is 0 Å². The van der Waals surface area contributed by atoms with Gasteiger partial charge < -0.3 is 5.11 Å². The normalized spacial score (nSPS) is 12.5. The number of aryl methyl sites for hydroxylation is 3. The Morgan fingerprint density at radius 3 is 2.15 bits per heavy atom. The van der Waals surface area contributed by atoms with Crippen LogP contribution in [-0.2, 0) is 6.42 Å². The van der Waals surface area contributed by atoms with E-state index in [1.807, 2.05) is 32.9 Å². The Hall–Kier alpha value is -1.74. The van der Waals surface area contributed by atoms with E-state index in [-0.39, 0.29) is 6.42 Å². The fourth-order valence-electron chi connectivity index (χ4n) is 2.71. The summed E-state index contributed by atoms with van der Waals surface area (Å²) in [5, 5.41) is 10.4. The van der Waals surface area contributed by atoms with Gasteiger partial charge in [0.05, 0.1) is 6.10 Å². The van der Waals surface area contributed by atoms with E-state index in [0.29, 0.717) is 5.56 Å². The number of halogens is 2. The molecular weight excluding hydrogens is 258 g/mol. The lowest BCUT2D eigenvalue weighted by molar-refractivity contribution is 0.175. The fraction of sp³-hybridized carbons (Fsp3) is 0.294. The molecular formula is C17H18F2O. The molecule has 0 aliphatic heterocycles. The number of aliphatic hydroxyl groups is 1. The van der Waals surface area contributed by atoms with E-state index in [2.05, 4.69) is 0 Å². The van der Waals surface area contributed by atoms with Crippen molar-refractivity contribution in [2.24, 2.45) is 0 Å². The van der Waals surface area contributed by atoms with E-state index < -0.39 is 17.7 Å². The number of aliphatic hydroxyl groups excluding tert-OH is 1. The lowest BCUT2D eigenvalue weighted by Crippen LogP contribution is -2.08. The van der Waals surface area contributed by atoms with Crippen LogP contribution in [0.15, 0.2) is 30.3 Å². The van der Waals surface area contributed by atoms with Crippen LogP contribution in [0, 0.1) is 32.4 Å². The van der Waals surface area contributed by atoms with Gasteiger partial charge in [-0.05, 0) is 49.1 Å². The Bertz CT molecular complexity index is 612. The van der Waals surface area contributed by atoms with Gasteiger partial charge in [0.15, 0.2) is 0 Å². The lowest BCUT2D eigenvalue weighted by Gasteiger charge is -2.18. The Balaban J connectivity index is 2.31. The van der Waals surface area contributed by atoms with Crippen molar-refractivity contribution in [1.29, 1.82) is 0 Å². The molecule has 1 atom stereocenters. The molecule has 0 amide bonds. The molecule has 20 heavy (non-hydrogen) atoms. The Labute approximate surface area is 117 Å². The summed E-state index contributed by atoms with van der Waals surface area (Å²) >= 11 is 0. The maximum absolute atomic E-state index is 13.6. The van der Waals surface area contributed by atoms with E-state index >= 15 is 0 Å². The highest BCUT2D eigenvalue weighted by molar-refractivity contribution is 5.39. The van der Waals surface area contributed by atoms with E-state index in [0.717, 1.165) is 28.3 Å². The number of hydrogen-bond acceptors (Lipinski definition) is 1. The molecule has 2 aromatic rings. The maximum Gasteiger partial charge on any atom is 0.129 e. The van der Waals surface area contributed by atoms with Crippen molar-refractivity contribution in [1.82, 2.24) is 0 Å². The highest BCUT2D eigenvalue weighted by Gasteiger charge is 2.16. The monoisotopic (exact) mass is 276 g/mol. The van der Waals surface area contributed by atoms with Gasteiger partial charge in [-0.3, -0.25) is 0 Å². The third-order valence-electron chi connectivity index (χ3n) is 3.50. The zero-order valence-corrected chi connectivity index (χ0v) is 11.9. The molecule has 0 saturated heterocycles. The largest absolute Gasteiger partial charge is 0.388 e. The molecule has 106 valence electrons. The molecule has 0 radical (unpaired) electrons. The molecule has 1 unspecified atom stereocenters. The van der Waals surface area contributed by atoms with Gasteiger partial charge in [0.1, 0.15) is 11.6 Å². The minimum absolute atomic E-state index is 0.136. The van der Waals surface area contributed by atoms with Crippen LogP contribution in [-0.4, -0.2) is 5.11 Å². The molecule has 0 bridgehead atoms. The molecule has 2 rings (SSSR count). The summed E-state index contributed by atoms with van der Waals surface area (Å²) in [4.78, 5) is 0. The molecule has 0 saturated carbocycles. The Morgan fingerprint density at radius 1 is 1.00 bits per heavy atom. The SMILES string of the molecule is Cc1cc(C)c(C(O)Cc2ccc(F)cc2F)c(C)c1. The summed E-state index contributed by atoms with van der Waals surface area (Å²) < 4.78 is 26.5. The number of rotatable bonds is 3. The molecule has 0 aliphatic carbocycles. The third kappa shape index (κ3) is 3.05. The molecule has 0 fully saturated rings. The van der Waals surface area contributed by atoms with E-state index in [4.69, 9.17) is 0 Å². The first-order chi connectivity index (χ1) is 9.38. The average molecular weight is 276 g/mol. The first-order valence-corrected chi connectivity index (χ1v) is 6.58. The third-order valence-corrected chi connectivity index (χ3v) is 3.50. The first-order valence-electron chi connectivity index (χ1n) is 6.58. The summed E-state index contributed by atoms with van der Waals surface area (Å²) in [6, 6.07) is 7.42. The van der Waals surface area contributed by atoms with Crippen molar-refractivity contribution in [2.75, 3.05) is 0 Å². The second kappa shape index (κ2) is 5.71. The molecule has 0 heterocycles. The summed E-state index contributed by atoms with van der Waals surface area (Å²) in [7, 11) is 0. The van der Waals surface area contributed by atoms with E-state index in [1.54, 1.807) is 0 Å². The Kier molecular flexibility index (Phi) is 4.19. The maximum atomic E-state index is 13.6. The van der Waals surface area contributed by atoms with Gasteiger partial charge in [-0.25, -0.2) is 8.78 Å². The zero-order chi connectivity index (χ0) is 14.9. The van der Waals surface area contributed by atoms with Crippen molar-refractivity contribution < 1.29 is 13.9 Å². The van der Waals surface area contributed by atoms with E-state index in [9.17, 15) is 13.9 Å². The first kappa shape index (κ1) is 14.7. The van der Waals surface area contributed by atoms with Gasteiger partial charge in [0, 0.05) is 12.5 Å². The van der Waals surface area contributed by atoms with Gasteiger partial charge in [-0.1, -0.05) is 23.8 Å². The second-order valence-electron chi connectivity index (χ2n) is 5.27. The van der Waals surface area contributed by atoms with Crippen LogP contribution in [0.2, 0.25) is 0 Å². The highest BCUT2D eigenvalue weighted by Crippen LogP contribution is 2.27. The molecule has 3 heteroatoms. The predicted molar refractivity (Wildman–Crippen MR) is 75.7 cm³/mol. The minimum atomic E-state index is -0.796. The number of hydrogen-bond donors (Lipinski definition) is 1. The Morgan fingerprint density at radius 2 is 1.60 bits per heavy atom.